The summed E-state index contributed by atoms with van der Waals surface area (Å²) in [5.74, 6) is 0.790. The molecule has 2 rings (SSSR count). The van der Waals surface area contributed by atoms with E-state index in [-0.39, 0.29) is 6.04 Å². The molecule has 0 bridgehead atoms. The Morgan fingerprint density at radius 2 is 2.05 bits per heavy atom. The van der Waals surface area contributed by atoms with Gasteiger partial charge in [0, 0.05) is 25.1 Å². The van der Waals surface area contributed by atoms with E-state index in [0.29, 0.717) is 12.1 Å². The van der Waals surface area contributed by atoms with Crippen LogP contribution < -0.4 is 5.32 Å². The Labute approximate surface area is 112 Å². The number of nitriles is 1. The van der Waals surface area contributed by atoms with E-state index in [1.165, 1.54) is 0 Å². The van der Waals surface area contributed by atoms with Crippen LogP contribution in [0.5, 0.6) is 0 Å². The molecule has 5 nitrogen and oxygen atoms in total. The van der Waals surface area contributed by atoms with Crippen molar-refractivity contribution in [1.82, 2.24) is 20.3 Å². The van der Waals surface area contributed by atoms with Crippen molar-refractivity contribution in [2.75, 3.05) is 0 Å². The van der Waals surface area contributed by atoms with Crippen molar-refractivity contribution in [3.63, 3.8) is 0 Å². The Morgan fingerprint density at radius 1 is 1.26 bits per heavy atom. The van der Waals surface area contributed by atoms with E-state index in [1.807, 2.05) is 6.07 Å². The number of nitrogens with zero attached hydrogens (tertiary/aromatic N) is 4. The minimum Gasteiger partial charge on any atom is -0.302 e. The van der Waals surface area contributed by atoms with Gasteiger partial charge in [-0.25, -0.2) is 9.97 Å². The molecule has 0 fully saturated rings. The first-order valence-corrected chi connectivity index (χ1v) is 6.18. The minimum absolute atomic E-state index is 0.110. The quantitative estimate of drug-likeness (QED) is 0.882. The zero-order chi connectivity index (χ0) is 13.5. The van der Waals surface area contributed by atoms with Crippen LogP contribution in [0, 0.1) is 11.3 Å². The van der Waals surface area contributed by atoms with E-state index >= 15 is 0 Å². The topological polar surface area (TPSA) is 74.5 Å². The summed E-state index contributed by atoms with van der Waals surface area (Å²) in [5.41, 5.74) is 1.47. The largest absolute Gasteiger partial charge is 0.302 e. The Morgan fingerprint density at radius 3 is 2.63 bits per heavy atom. The van der Waals surface area contributed by atoms with Crippen LogP contribution in [0.15, 0.2) is 36.8 Å². The average molecular weight is 253 g/mol. The van der Waals surface area contributed by atoms with Gasteiger partial charge in [-0.2, -0.15) is 5.26 Å². The lowest BCUT2D eigenvalue weighted by molar-refractivity contribution is 0.490. The molecule has 2 heterocycles. The standard InChI is InChI=1S/C14H15N5/c1-2-13(14-16-6-3-7-17-14)19-10-12-5-4-11(8-15)9-18-12/h3-7,9,13,19H,2,10H2,1H3. The zero-order valence-electron chi connectivity index (χ0n) is 10.7. The number of nitrogens with one attached hydrogen (secondary N) is 1. The van der Waals surface area contributed by atoms with Gasteiger partial charge in [0.15, 0.2) is 0 Å². The highest BCUT2D eigenvalue weighted by Gasteiger charge is 2.11. The normalized spacial score (nSPS) is 11.8. The third-order valence-corrected chi connectivity index (χ3v) is 2.79. The number of rotatable bonds is 5. The fraction of sp³-hybridized carbons (Fsp3) is 0.286. The van der Waals surface area contributed by atoms with Crippen LogP contribution in [0.3, 0.4) is 0 Å². The number of hydrogen-bond donors (Lipinski definition) is 1. The van der Waals surface area contributed by atoms with Gasteiger partial charge in [0.05, 0.1) is 17.3 Å². The first-order chi connectivity index (χ1) is 9.33. The van der Waals surface area contributed by atoms with Gasteiger partial charge >= 0.3 is 0 Å². The van der Waals surface area contributed by atoms with E-state index in [0.717, 1.165) is 17.9 Å². The SMILES string of the molecule is CCC(NCc1ccc(C#N)cn1)c1ncccn1. The summed E-state index contributed by atoms with van der Waals surface area (Å²) in [6.45, 7) is 2.71. The van der Waals surface area contributed by atoms with Crippen molar-refractivity contribution in [2.45, 2.75) is 25.9 Å². The van der Waals surface area contributed by atoms with E-state index in [4.69, 9.17) is 5.26 Å². The van der Waals surface area contributed by atoms with Gasteiger partial charge < -0.3 is 5.32 Å². The molecule has 0 saturated carbocycles. The van der Waals surface area contributed by atoms with Crippen molar-refractivity contribution >= 4 is 0 Å². The zero-order valence-corrected chi connectivity index (χ0v) is 10.7. The lowest BCUT2D eigenvalue weighted by atomic mass is 10.2. The predicted molar refractivity (Wildman–Crippen MR) is 70.9 cm³/mol. The molecule has 1 atom stereocenters. The van der Waals surface area contributed by atoms with Gasteiger partial charge in [0.25, 0.3) is 0 Å². The van der Waals surface area contributed by atoms with Gasteiger partial charge in [-0.3, -0.25) is 4.98 Å². The number of hydrogen-bond acceptors (Lipinski definition) is 5. The van der Waals surface area contributed by atoms with Crippen molar-refractivity contribution in [2.24, 2.45) is 0 Å². The van der Waals surface area contributed by atoms with Gasteiger partial charge in [-0.05, 0) is 24.6 Å². The molecule has 0 radical (unpaired) electrons. The predicted octanol–water partition coefficient (Wildman–Crippen LogP) is 1.98. The Bertz CT molecular complexity index is 544. The molecular weight excluding hydrogens is 238 g/mol. The molecule has 5 heteroatoms. The summed E-state index contributed by atoms with van der Waals surface area (Å²) < 4.78 is 0. The molecule has 1 unspecified atom stereocenters. The van der Waals surface area contributed by atoms with Crippen molar-refractivity contribution < 1.29 is 0 Å². The average Bonchev–Trinajstić information content (AvgIpc) is 2.49. The van der Waals surface area contributed by atoms with Crippen molar-refractivity contribution in [1.29, 1.82) is 5.26 Å². The smallest absolute Gasteiger partial charge is 0.145 e. The van der Waals surface area contributed by atoms with Crippen molar-refractivity contribution in [3.8, 4) is 6.07 Å². The minimum atomic E-state index is 0.110. The highest BCUT2D eigenvalue weighted by Crippen LogP contribution is 2.11. The molecule has 0 spiro atoms. The summed E-state index contributed by atoms with van der Waals surface area (Å²) in [5, 5.41) is 12.1. The van der Waals surface area contributed by atoms with Crippen LogP contribution in [-0.2, 0) is 6.54 Å². The van der Waals surface area contributed by atoms with Crippen LogP contribution in [0.2, 0.25) is 0 Å². The molecule has 96 valence electrons. The molecule has 2 aromatic rings. The number of pyridine rings is 1. The molecule has 0 aliphatic carbocycles. The molecule has 0 saturated heterocycles. The summed E-state index contributed by atoms with van der Waals surface area (Å²) in [4.78, 5) is 12.7. The Balaban J connectivity index is 1.98. The van der Waals surface area contributed by atoms with Gasteiger partial charge in [0.1, 0.15) is 11.9 Å². The van der Waals surface area contributed by atoms with Gasteiger partial charge in [0.2, 0.25) is 0 Å². The van der Waals surface area contributed by atoms with Gasteiger partial charge in [-0.15, -0.1) is 0 Å². The van der Waals surface area contributed by atoms with Crippen LogP contribution >= 0.6 is 0 Å². The first-order valence-electron chi connectivity index (χ1n) is 6.18. The maximum absolute atomic E-state index is 8.71. The van der Waals surface area contributed by atoms with Crippen LogP contribution in [0.25, 0.3) is 0 Å². The fourth-order valence-electron chi connectivity index (χ4n) is 1.73. The van der Waals surface area contributed by atoms with Crippen LogP contribution in [-0.4, -0.2) is 15.0 Å². The van der Waals surface area contributed by atoms with E-state index in [9.17, 15) is 0 Å². The van der Waals surface area contributed by atoms with Crippen LogP contribution in [0.4, 0.5) is 0 Å². The Kier molecular flexibility index (Phi) is 4.54. The van der Waals surface area contributed by atoms with E-state index < -0.39 is 0 Å². The molecule has 0 amide bonds. The molecule has 2 aromatic heterocycles. The number of aromatic nitrogens is 3. The van der Waals surface area contributed by atoms with E-state index in [1.54, 1.807) is 30.7 Å². The van der Waals surface area contributed by atoms with E-state index in [2.05, 4.69) is 33.3 Å². The van der Waals surface area contributed by atoms with Crippen molar-refractivity contribution in [3.05, 3.63) is 53.9 Å². The monoisotopic (exact) mass is 253 g/mol. The summed E-state index contributed by atoms with van der Waals surface area (Å²) >= 11 is 0. The second-order valence-electron chi connectivity index (χ2n) is 4.10. The molecule has 0 aliphatic heterocycles. The lowest BCUT2D eigenvalue weighted by Crippen LogP contribution is -2.22. The first kappa shape index (κ1) is 13.1. The maximum atomic E-state index is 8.71. The van der Waals surface area contributed by atoms with Crippen LogP contribution in [0.1, 0.15) is 36.5 Å². The Hall–Kier alpha value is -2.32. The molecule has 0 aliphatic rings. The molecule has 0 aromatic carbocycles. The maximum Gasteiger partial charge on any atom is 0.145 e. The second-order valence-corrected chi connectivity index (χ2v) is 4.10. The van der Waals surface area contributed by atoms with Gasteiger partial charge in [-0.1, -0.05) is 6.92 Å². The second kappa shape index (κ2) is 6.57. The highest BCUT2D eigenvalue weighted by molar-refractivity contribution is 5.26. The highest BCUT2D eigenvalue weighted by atomic mass is 15.0. The molecular formula is C14H15N5. The lowest BCUT2D eigenvalue weighted by Gasteiger charge is -2.14. The third kappa shape index (κ3) is 3.57. The summed E-state index contributed by atoms with van der Waals surface area (Å²) in [6.07, 6.45) is 5.97. The molecule has 1 N–H and O–H groups in total. The molecule has 19 heavy (non-hydrogen) atoms. The fourth-order valence-corrected chi connectivity index (χ4v) is 1.73. The summed E-state index contributed by atoms with van der Waals surface area (Å²) in [6, 6.07) is 7.59. The summed E-state index contributed by atoms with van der Waals surface area (Å²) in [7, 11) is 0. The third-order valence-electron chi connectivity index (χ3n) is 2.79.